The maximum atomic E-state index is 6.13. The Morgan fingerprint density at radius 1 is 0.622 bits per heavy atom. The zero-order chi connectivity index (χ0) is 25.0. The Bertz CT molecular complexity index is 1440. The van der Waals surface area contributed by atoms with Crippen molar-refractivity contribution in [2.45, 2.75) is 10.3 Å². The molecule has 182 valence electrons. The molecule has 4 nitrogen and oxygen atoms in total. The molecule has 0 saturated carbocycles. The van der Waals surface area contributed by atoms with Gasteiger partial charge in [0.2, 0.25) is 0 Å². The molecule has 1 unspecified atom stereocenters. The summed E-state index contributed by atoms with van der Waals surface area (Å²) in [5, 5.41) is 4.40. The lowest BCUT2D eigenvalue weighted by molar-refractivity contribution is -0.0999. The van der Waals surface area contributed by atoms with E-state index in [1.54, 1.807) is 11.8 Å². The zero-order valence-electron chi connectivity index (χ0n) is 19.8. The second kappa shape index (κ2) is 10.5. The highest BCUT2D eigenvalue weighted by atomic mass is 35.5. The number of hydrogen-bond donors (Lipinski definition) is 1. The van der Waals surface area contributed by atoms with E-state index in [9.17, 15) is 0 Å². The van der Waals surface area contributed by atoms with Gasteiger partial charge in [-0.25, -0.2) is 0 Å². The molecule has 5 aromatic rings. The lowest BCUT2D eigenvalue weighted by Crippen LogP contribution is -2.09. The number of hydrogen-bond acceptors (Lipinski definition) is 5. The molecular formula is C31H23ClN2O2S. The third kappa shape index (κ3) is 5.24. The molecule has 0 aliphatic carbocycles. The van der Waals surface area contributed by atoms with Crippen molar-refractivity contribution < 1.29 is 9.78 Å². The average Bonchev–Trinajstić information content (AvgIpc) is 3.37. The summed E-state index contributed by atoms with van der Waals surface area (Å²) >= 11 is 7.88. The molecule has 1 aliphatic rings. The fourth-order valence-corrected chi connectivity index (χ4v) is 5.63. The van der Waals surface area contributed by atoms with E-state index in [0.717, 1.165) is 38.2 Å². The van der Waals surface area contributed by atoms with E-state index in [4.69, 9.17) is 21.4 Å². The summed E-state index contributed by atoms with van der Waals surface area (Å²) in [6.45, 7) is 0. The van der Waals surface area contributed by atoms with Crippen molar-refractivity contribution in [2.75, 3.05) is 10.2 Å². The van der Waals surface area contributed by atoms with E-state index in [1.807, 2.05) is 103 Å². The van der Waals surface area contributed by atoms with E-state index >= 15 is 0 Å². The molecule has 1 aliphatic heterocycles. The van der Waals surface area contributed by atoms with Crippen LogP contribution in [-0.4, -0.2) is 0 Å². The molecule has 0 amide bonds. The number of nitrogens with one attached hydrogen (secondary N) is 1. The van der Waals surface area contributed by atoms with E-state index in [0.29, 0.717) is 11.5 Å². The van der Waals surface area contributed by atoms with Gasteiger partial charge in [0.15, 0.2) is 11.5 Å². The summed E-state index contributed by atoms with van der Waals surface area (Å²) in [6, 6.07) is 42.2. The summed E-state index contributed by atoms with van der Waals surface area (Å²) in [4.78, 5) is 14.6. The topological polar surface area (TPSA) is 33.7 Å². The Balaban J connectivity index is 1.12. The molecule has 1 atom stereocenters. The molecule has 6 heteroatoms. The Kier molecular flexibility index (Phi) is 6.63. The second-order valence-electron chi connectivity index (χ2n) is 8.52. The van der Waals surface area contributed by atoms with Crippen LogP contribution >= 0.6 is 23.4 Å². The molecule has 5 aromatic carbocycles. The average molecular weight is 523 g/mol. The highest BCUT2D eigenvalue weighted by Gasteiger charge is 2.23. The molecule has 0 saturated heterocycles. The predicted octanol–water partition coefficient (Wildman–Crippen LogP) is 9.40. The molecule has 0 bridgehead atoms. The van der Waals surface area contributed by atoms with Crippen LogP contribution < -0.4 is 20.0 Å². The van der Waals surface area contributed by atoms with Crippen LogP contribution in [0.1, 0.15) is 10.9 Å². The van der Waals surface area contributed by atoms with Crippen LogP contribution in [0.25, 0.3) is 0 Å². The third-order valence-corrected chi connectivity index (χ3v) is 7.47. The van der Waals surface area contributed by atoms with E-state index in [2.05, 4.69) is 34.5 Å². The number of nitrogens with zero attached hydrogens (tertiary/aromatic N) is 1. The maximum absolute atomic E-state index is 6.13. The Hall–Kier alpha value is -4.06. The van der Waals surface area contributed by atoms with Crippen molar-refractivity contribution in [3.8, 4) is 11.5 Å². The number of benzene rings is 5. The van der Waals surface area contributed by atoms with Crippen LogP contribution in [0.2, 0.25) is 5.02 Å². The number of para-hydroxylation sites is 2. The first-order chi connectivity index (χ1) is 18.2. The van der Waals surface area contributed by atoms with Crippen molar-refractivity contribution in [3.05, 3.63) is 138 Å². The van der Waals surface area contributed by atoms with Crippen LogP contribution in [0.5, 0.6) is 11.5 Å². The first kappa shape index (κ1) is 23.3. The SMILES string of the molecule is Clc1ccc2c(c1)SC(c1ccc(OOc3ccc(N(c4ccccc4)c4ccccc4)cc3)cc1)N2. The molecular weight excluding hydrogens is 500 g/mol. The largest absolute Gasteiger partial charge is 0.368 e. The normalized spacial score (nSPS) is 13.9. The summed E-state index contributed by atoms with van der Waals surface area (Å²) in [7, 11) is 0. The smallest absolute Gasteiger partial charge is 0.178 e. The standard InChI is InChI=1S/C31H23ClN2O2S/c32-23-13-20-29-30(21-23)37-31(33-29)22-11-16-27(17-12-22)35-36-28-18-14-26(15-19-28)34(24-7-3-1-4-8-24)25-9-5-2-6-10-25/h1-21,31,33H. The highest BCUT2D eigenvalue weighted by Crippen LogP contribution is 2.47. The fraction of sp³-hybridized carbons (Fsp3) is 0.0323. The van der Waals surface area contributed by atoms with Crippen LogP contribution in [0, 0.1) is 0 Å². The number of thioether (sulfide) groups is 1. The molecule has 37 heavy (non-hydrogen) atoms. The van der Waals surface area contributed by atoms with Crippen LogP contribution in [-0.2, 0) is 0 Å². The van der Waals surface area contributed by atoms with E-state index in [-0.39, 0.29) is 5.37 Å². The monoisotopic (exact) mass is 522 g/mol. The quantitative estimate of drug-likeness (QED) is 0.170. The van der Waals surface area contributed by atoms with Crippen molar-refractivity contribution in [1.29, 1.82) is 0 Å². The lowest BCUT2D eigenvalue weighted by Gasteiger charge is -2.25. The number of rotatable bonds is 7. The third-order valence-electron chi connectivity index (χ3n) is 6.02. The van der Waals surface area contributed by atoms with Crippen molar-refractivity contribution in [1.82, 2.24) is 0 Å². The van der Waals surface area contributed by atoms with Gasteiger partial charge in [-0.05, 0) is 84.4 Å². The molecule has 0 aromatic heterocycles. The molecule has 0 fully saturated rings. The molecule has 0 spiro atoms. The minimum absolute atomic E-state index is 0.133. The van der Waals surface area contributed by atoms with Gasteiger partial charge in [0.25, 0.3) is 0 Å². The number of halogens is 1. The van der Waals surface area contributed by atoms with Crippen LogP contribution in [0.4, 0.5) is 22.7 Å². The molecule has 1 heterocycles. The summed E-state index contributed by atoms with van der Waals surface area (Å²) in [6.07, 6.45) is 0. The van der Waals surface area contributed by atoms with Crippen molar-refractivity contribution >= 4 is 46.1 Å². The van der Waals surface area contributed by atoms with Gasteiger partial charge < -0.3 is 10.2 Å². The summed E-state index contributed by atoms with van der Waals surface area (Å²) in [5.41, 5.74) is 5.44. The minimum atomic E-state index is 0.133. The summed E-state index contributed by atoms with van der Waals surface area (Å²) in [5.74, 6) is 1.25. The van der Waals surface area contributed by atoms with Gasteiger partial charge in [0, 0.05) is 32.7 Å². The minimum Gasteiger partial charge on any atom is -0.368 e. The highest BCUT2D eigenvalue weighted by molar-refractivity contribution is 8.00. The van der Waals surface area contributed by atoms with E-state index in [1.165, 1.54) is 0 Å². The first-order valence-electron chi connectivity index (χ1n) is 11.9. The number of fused-ring (bicyclic) bond motifs is 1. The van der Waals surface area contributed by atoms with E-state index < -0.39 is 0 Å². The van der Waals surface area contributed by atoms with Gasteiger partial charge >= 0.3 is 0 Å². The van der Waals surface area contributed by atoms with Crippen LogP contribution in [0.3, 0.4) is 0 Å². The van der Waals surface area contributed by atoms with Gasteiger partial charge in [-0.15, -0.1) is 0 Å². The van der Waals surface area contributed by atoms with Gasteiger partial charge in [-0.1, -0.05) is 71.9 Å². The van der Waals surface area contributed by atoms with Gasteiger partial charge in [0.05, 0.1) is 0 Å². The first-order valence-corrected chi connectivity index (χ1v) is 13.2. The van der Waals surface area contributed by atoms with Gasteiger partial charge in [-0.2, -0.15) is 0 Å². The second-order valence-corrected chi connectivity index (χ2v) is 10.1. The lowest BCUT2D eigenvalue weighted by atomic mass is 10.2. The van der Waals surface area contributed by atoms with Crippen molar-refractivity contribution in [2.24, 2.45) is 0 Å². The molecule has 6 rings (SSSR count). The fourth-order valence-electron chi connectivity index (χ4n) is 4.21. The summed E-state index contributed by atoms with van der Waals surface area (Å²) < 4.78 is 0. The van der Waals surface area contributed by atoms with Crippen molar-refractivity contribution in [3.63, 3.8) is 0 Å². The Morgan fingerprint density at radius 3 is 1.76 bits per heavy atom. The van der Waals surface area contributed by atoms with Crippen LogP contribution in [0.15, 0.2) is 132 Å². The number of anilines is 4. The molecule has 0 radical (unpaired) electrons. The molecule has 1 N–H and O–H groups in total. The maximum Gasteiger partial charge on any atom is 0.178 e. The Morgan fingerprint density at radius 2 is 1.16 bits per heavy atom. The van der Waals surface area contributed by atoms with Gasteiger partial charge in [-0.3, -0.25) is 9.78 Å². The van der Waals surface area contributed by atoms with Gasteiger partial charge in [0.1, 0.15) is 5.37 Å². The zero-order valence-corrected chi connectivity index (χ0v) is 21.3. The predicted molar refractivity (Wildman–Crippen MR) is 152 cm³/mol. The Labute approximate surface area is 225 Å².